The molecule has 1 aliphatic carbocycles. The lowest BCUT2D eigenvalue weighted by atomic mass is 9.94. The number of nitrogens with zero attached hydrogens (tertiary/aromatic N) is 1. The van der Waals surface area contributed by atoms with Crippen molar-refractivity contribution < 1.29 is 19.8 Å². The van der Waals surface area contributed by atoms with Crippen LogP contribution >= 0.6 is 0 Å². The number of aliphatic carboxylic acids is 1. The van der Waals surface area contributed by atoms with Crippen molar-refractivity contribution in [1.29, 1.82) is 0 Å². The third-order valence-corrected chi connectivity index (χ3v) is 4.74. The summed E-state index contributed by atoms with van der Waals surface area (Å²) in [6.07, 6.45) is 3.94. The molecule has 0 aromatic rings. The molecule has 0 radical (unpaired) electrons. The Balaban J connectivity index is 2.10. The van der Waals surface area contributed by atoms with E-state index >= 15 is 0 Å². The molecule has 1 aliphatic heterocycles. The minimum absolute atomic E-state index is 0.0204. The Morgan fingerprint density at radius 2 is 1.95 bits per heavy atom. The summed E-state index contributed by atoms with van der Waals surface area (Å²) in [5.74, 6) is -1.51. The monoisotopic (exact) mass is 269 g/mol. The average molecular weight is 269 g/mol. The number of aliphatic hydroxyl groups excluding tert-OH is 1. The van der Waals surface area contributed by atoms with Gasteiger partial charge in [-0.1, -0.05) is 13.3 Å². The highest BCUT2D eigenvalue weighted by Crippen LogP contribution is 2.40. The number of carbonyl (C=O) groups excluding carboxylic acids is 1. The molecule has 1 heterocycles. The normalized spacial score (nSPS) is 34.7. The second-order valence-electron chi connectivity index (χ2n) is 5.81. The van der Waals surface area contributed by atoms with Crippen molar-refractivity contribution in [3.63, 3.8) is 0 Å². The number of hydrogen-bond donors (Lipinski definition) is 2. The number of rotatable bonds is 4. The van der Waals surface area contributed by atoms with E-state index in [1.54, 1.807) is 4.90 Å². The summed E-state index contributed by atoms with van der Waals surface area (Å²) in [5.41, 5.74) is 0. The highest BCUT2D eigenvalue weighted by molar-refractivity contribution is 5.85. The molecule has 19 heavy (non-hydrogen) atoms. The van der Waals surface area contributed by atoms with Crippen LogP contribution in [0, 0.1) is 17.8 Å². The van der Waals surface area contributed by atoms with Crippen molar-refractivity contribution >= 4 is 11.9 Å². The molecule has 5 nitrogen and oxygen atoms in total. The van der Waals surface area contributed by atoms with Crippen LogP contribution in [0.2, 0.25) is 0 Å². The zero-order valence-electron chi connectivity index (χ0n) is 11.4. The molecular formula is C14H23NO4. The fraction of sp³-hybridized carbons (Fsp3) is 0.857. The number of aliphatic hydroxyl groups is 1. The molecule has 4 atom stereocenters. The quantitative estimate of drug-likeness (QED) is 0.801. The van der Waals surface area contributed by atoms with Crippen LogP contribution in [0.3, 0.4) is 0 Å². The van der Waals surface area contributed by atoms with Crippen LogP contribution in [-0.2, 0) is 9.59 Å². The van der Waals surface area contributed by atoms with Crippen molar-refractivity contribution in [2.45, 2.75) is 45.1 Å². The molecular weight excluding hydrogens is 246 g/mol. The van der Waals surface area contributed by atoms with E-state index in [1.165, 1.54) is 0 Å². The van der Waals surface area contributed by atoms with Gasteiger partial charge >= 0.3 is 5.97 Å². The molecule has 5 heteroatoms. The highest BCUT2D eigenvalue weighted by atomic mass is 16.4. The molecule has 1 saturated carbocycles. The molecule has 1 amide bonds. The molecule has 2 rings (SSSR count). The molecule has 0 aromatic heterocycles. The topological polar surface area (TPSA) is 77.8 Å². The van der Waals surface area contributed by atoms with Gasteiger partial charge < -0.3 is 15.1 Å². The molecule has 1 saturated heterocycles. The fourth-order valence-corrected chi connectivity index (χ4v) is 3.55. The maximum Gasteiger partial charge on any atom is 0.307 e. The Hall–Kier alpha value is -1.10. The Bertz CT molecular complexity index is 357. The number of amides is 1. The first-order valence-electron chi connectivity index (χ1n) is 7.22. The lowest BCUT2D eigenvalue weighted by Crippen LogP contribution is -2.43. The standard InChI is InChI=1S/C14H23NO4/c1-2-9-6-11(12(7-9)14(18)19)13(17)15-5-3-4-10(15)8-16/h9-12,16H,2-8H2,1H3,(H,18,19)/t9?,10-,11?,12?/m1/s1. The van der Waals surface area contributed by atoms with Gasteiger partial charge in [0.2, 0.25) is 5.91 Å². The van der Waals surface area contributed by atoms with Crippen LogP contribution in [0.15, 0.2) is 0 Å². The summed E-state index contributed by atoms with van der Waals surface area (Å²) in [7, 11) is 0. The molecule has 108 valence electrons. The SMILES string of the molecule is CCC1CC(C(=O)O)C(C(=O)N2CCC[C@@H]2CO)C1. The second-order valence-corrected chi connectivity index (χ2v) is 5.81. The summed E-state index contributed by atoms with van der Waals surface area (Å²) in [4.78, 5) is 25.6. The van der Waals surface area contributed by atoms with Crippen molar-refractivity contribution in [3.05, 3.63) is 0 Å². The third-order valence-electron chi connectivity index (χ3n) is 4.74. The second kappa shape index (κ2) is 5.90. The van der Waals surface area contributed by atoms with Crippen molar-refractivity contribution in [1.82, 2.24) is 4.90 Å². The van der Waals surface area contributed by atoms with Gasteiger partial charge in [-0.15, -0.1) is 0 Å². The van der Waals surface area contributed by atoms with Gasteiger partial charge in [0, 0.05) is 6.54 Å². The van der Waals surface area contributed by atoms with Crippen molar-refractivity contribution in [3.8, 4) is 0 Å². The van der Waals surface area contributed by atoms with Gasteiger partial charge in [-0.3, -0.25) is 9.59 Å². The van der Waals surface area contributed by atoms with Gasteiger partial charge in [-0.2, -0.15) is 0 Å². The number of carboxylic acids is 1. The highest BCUT2D eigenvalue weighted by Gasteiger charge is 2.45. The predicted octanol–water partition coefficient (Wildman–Crippen LogP) is 1.11. The lowest BCUT2D eigenvalue weighted by Gasteiger charge is -2.27. The Labute approximate surface area is 113 Å². The van der Waals surface area contributed by atoms with Gasteiger partial charge in [0.25, 0.3) is 0 Å². The molecule has 2 fully saturated rings. The summed E-state index contributed by atoms with van der Waals surface area (Å²) < 4.78 is 0. The van der Waals surface area contributed by atoms with E-state index in [9.17, 15) is 19.8 Å². The van der Waals surface area contributed by atoms with E-state index in [-0.39, 0.29) is 18.6 Å². The van der Waals surface area contributed by atoms with Gasteiger partial charge in [0.15, 0.2) is 0 Å². The van der Waals surface area contributed by atoms with E-state index in [4.69, 9.17) is 0 Å². The smallest absolute Gasteiger partial charge is 0.307 e. The van der Waals surface area contributed by atoms with Gasteiger partial charge in [0.1, 0.15) is 0 Å². The minimum Gasteiger partial charge on any atom is -0.481 e. The third kappa shape index (κ3) is 2.76. The van der Waals surface area contributed by atoms with Gasteiger partial charge in [0.05, 0.1) is 24.5 Å². The zero-order chi connectivity index (χ0) is 14.0. The van der Waals surface area contributed by atoms with Gasteiger partial charge in [-0.25, -0.2) is 0 Å². The van der Waals surface area contributed by atoms with E-state index in [0.29, 0.717) is 25.3 Å². The molecule has 0 bridgehead atoms. The number of carbonyl (C=O) groups is 2. The Kier molecular flexibility index (Phi) is 4.45. The Morgan fingerprint density at radius 3 is 2.53 bits per heavy atom. The van der Waals surface area contributed by atoms with Crippen molar-refractivity contribution in [2.75, 3.05) is 13.2 Å². The summed E-state index contributed by atoms with van der Waals surface area (Å²) in [5, 5.41) is 18.6. The van der Waals surface area contributed by atoms with Crippen LogP contribution in [0.1, 0.15) is 39.0 Å². The van der Waals surface area contributed by atoms with Gasteiger partial charge in [-0.05, 0) is 31.6 Å². The summed E-state index contributed by atoms with van der Waals surface area (Å²) >= 11 is 0. The predicted molar refractivity (Wildman–Crippen MR) is 69.5 cm³/mol. The molecule has 2 aliphatic rings. The molecule has 2 N–H and O–H groups in total. The average Bonchev–Trinajstić information content (AvgIpc) is 3.03. The maximum atomic E-state index is 12.5. The maximum absolute atomic E-state index is 12.5. The van der Waals surface area contributed by atoms with Crippen LogP contribution < -0.4 is 0 Å². The van der Waals surface area contributed by atoms with Crippen molar-refractivity contribution in [2.24, 2.45) is 17.8 Å². The zero-order valence-corrected chi connectivity index (χ0v) is 11.4. The van der Waals surface area contributed by atoms with E-state index < -0.39 is 17.8 Å². The fourth-order valence-electron chi connectivity index (χ4n) is 3.55. The Morgan fingerprint density at radius 1 is 1.26 bits per heavy atom. The number of carboxylic acid groups (broad SMARTS) is 1. The first kappa shape index (κ1) is 14.3. The molecule has 0 spiro atoms. The minimum atomic E-state index is -0.853. The molecule has 3 unspecified atom stereocenters. The first-order chi connectivity index (χ1) is 9.08. The van der Waals surface area contributed by atoms with E-state index in [1.807, 2.05) is 6.92 Å². The van der Waals surface area contributed by atoms with Crippen LogP contribution in [0.25, 0.3) is 0 Å². The molecule has 0 aromatic carbocycles. The summed E-state index contributed by atoms with van der Waals surface area (Å²) in [6, 6.07) is -0.109. The lowest BCUT2D eigenvalue weighted by molar-refractivity contribution is -0.149. The summed E-state index contributed by atoms with van der Waals surface area (Å²) in [6.45, 7) is 2.68. The van der Waals surface area contributed by atoms with Crippen LogP contribution in [0.5, 0.6) is 0 Å². The van der Waals surface area contributed by atoms with Crippen LogP contribution in [-0.4, -0.2) is 46.2 Å². The largest absolute Gasteiger partial charge is 0.481 e. The van der Waals surface area contributed by atoms with Crippen LogP contribution in [0.4, 0.5) is 0 Å². The number of likely N-dealkylation sites (tertiary alicyclic amines) is 1. The first-order valence-corrected chi connectivity index (χ1v) is 7.22. The number of hydrogen-bond acceptors (Lipinski definition) is 3. The van der Waals surface area contributed by atoms with E-state index in [0.717, 1.165) is 19.3 Å². The van der Waals surface area contributed by atoms with E-state index in [2.05, 4.69) is 0 Å².